The van der Waals surface area contributed by atoms with Crippen molar-refractivity contribution in [2.45, 2.75) is 20.1 Å². The number of hydrogen-bond donors (Lipinski definition) is 1. The van der Waals surface area contributed by atoms with Gasteiger partial charge in [-0.15, -0.1) is 5.10 Å². The quantitative estimate of drug-likeness (QED) is 0.601. The molecule has 0 saturated heterocycles. The van der Waals surface area contributed by atoms with E-state index in [0.717, 1.165) is 23.4 Å². The lowest BCUT2D eigenvalue weighted by Crippen LogP contribution is -3.07. The average molecular weight is 418 g/mol. The van der Waals surface area contributed by atoms with Gasteiger partial charge in [-0.2, -0.15) is 4.68 Å². The average Bonchev–Trinajstić information content (AvgIpc) is 2.98. The van der Waals surface area contributed by atoms with E-state index in [-0.39, 0.29) is 5.82 Å². The van der Waals surface area contributed by atoms with Crippen LogP contribution >= 0.6 is 12.2 Å². The second-order valence-electron chi connectivity index (χ2n) is 7.10. The molecule has 0 amide bonds. The zero-order valence-corrected chi connectivity index (χ0v) is 18.1. The summed E-state index contributed by atoms with van der Waals surface area (Å²) in [7, 11) is 7.23. The Morgan fingerprint density at radius 2 is 1.72 bits per heavy atom. The van der Waals surface area contributed by atoms with Gasteiger partial charge in [-0.05, 0) is 61.1 Å². The van der Waals surface area contributed by atoms with E-state index in [2.05, 4.69) is 19.1 Å². The molecule has 1 unspecified atom stereocenters. The van der Waals surface area contributed by atoms with Crippen LogP contribution in [-0.2, 0) is 20.3 Å². The van der Waals surface area contributed by atoms with Crippen LogP contribution in [0, 0.1) is 17.5 Å². The van der Waals surface area contributed by atoms with Gasteiger partial charge in [-0.1, -0.05) is 0 Å². The van der Waals surface area contributed by atoms with Crippen molar-refractivity contribution in [3.63, 3.8) is 0 Å². The molecule has 154 valence electrons. The summed E-state index contributed by atoms with van der Waals surface area (Å²) < 4.78 is 28.3. The second-order valence-corrected chi connectivity index (χ2v) is 7.46. The lowest BCUT2D eigenvalue weighted by Gasteiger charge is -2.17. The normalized spacial score (nSPS) is 12.1. The van der Waals surface area contributed by atoms with E-state index >= 15 is 0 Å². The number of nitrogens with zero attached hydrogens (tertiary/aromatic N) is 3. The SMILES string of the molecule is COc1cc(C)c(C[NH+](C)Cn2nc(-c3ccc(F)cc3)n(C)c2=S)cc1OC. The first-order valence-electron chi connectivity index (χ1n) is 9.26. The van der Waals surface area contributed by atoms with Crippen LogP contribution in [0.2, 0.25) is 0 Å². The minimum Gasteiger partial charge on any atom is -0.493 e. The topological polar surface area (TPSA) is 45.7 Å². The summed E-state index contributed by atoms with van der Waals surface area (Å²) >= 11 is 5.56. The molecule has 1 atom stereocenters. The van der Waals surface area contributed by atoms with Crippen molar-refractivity contribution >= 4 is 12.2 Å². The molecule has 0 bridgehead atoms. The monoisotopic (exact) mass is 417 g/mol. The first kappa shape index (κ1) is 21.0. The highest BCUT2D eigenvalue weighted by atomic mass is 32.1. The Hall–Kier alpha value is -2.71. The molecule has 0 saturated carbocycles. The third kappa shape index (κ3) is 4.49. The van der Waals surface area contributed by atoms with Gasteiger partial charge in [0.1, 0.15) is 12.4 Å². The van der Waals surface area contributed by atoms with Crippen LogP contribution in [0.1, 0.15) is 11.1 Å². The van der Waals surface area contributed by atoms with Crippen LogP contribution < -0.4 is 14.4 Å². The first-order chi connectivity index (χ1) is 13.8. The first-order valence-corrected chi connectivity index (χ1v) is 9.67. The fraction of sp³-hybridized carbons (Fsp3) is 0.333. The molecule has 1 heterocycles. The summed E-state index contributed by atoms with van der Waals surface area (Å²) in [5.41, 5.74) is 3.13. The number of methoxy groups -OCH3 is 2. The molecule has 6 nitrogen and oxygen atoms in total. The smallest absolute Gasteiger partial charge is 0.202 e. The maximum absolute atomic E-state index is 13.2. The van der Waals surface area contributed by atoms with Crippen molar-refractivity contribution in [3.05, 3.63) is 58.1 Å². The van der Waals surface area contributed by atoms with Crippen LogP contribution in [0.3, 0.4) is 0 Å². The lowest BCUT2D eigenvalue weighted by atomic mass is 10.1. The van der Waals surface area contributed by atoms with Crippen molar-refractivity contribution in [1.82, 2.24) is 14.3 Å². The van der Waals surface area contributed by atoms with Crippen molar-refractivity contribution in [2.75, 3.05) is 21.3 Å². The summed E-state index contributed by atoms with van der Waals surface area (Å²) in [5, 5.41) is 4.66. The zero-order valence-electron chi connectivity index (χ0n) is 17.3. The minimum atomic E-state index is -0.274. The molecule has 8 heteroatoms. The molecule has 0 fully saturated rings. The number of halogens is 1. The van der Waals surface area contributed by atoms with E-state index in [1.807, 2.05) is 23.7 Å². The number of nitrogens with one attached hydrogen (secondary N) is 1. The van der Waals surface area contributed by atoms with E-state index in [0.29, 0.717) is 23.0 Å². The third-order valence-corrected chi connectivity index (χ3v) is 5.38. The van der Waals surface area contributed by atoms with Crippen molar-refractivity contribution in [2.24, 2.45) is 7.05 Å². The van der Waals surface area contributed by atoms with Gasteiger partial charge in [0.05, 0.1) is 21.3 Å². The fourth-order valence-corrected chi connectivity index (χ4v) is 3.48. The third-order valence-electron chi connectivity index (χ3n) is 4.90. The summed E-state index contributed by atoms with van der Waals surface area (Å²) in [6, 6.07) is 10.3. The number of aryl methyl sites for hydroxylation is 1. The Labute approximate surface area is 175 Å². The van der Waals surface area contributed by atoms with Gasteiger partial charge >= 0.3 is 0 Å². The Bertz CT molecular complexity index is 1060. The highest BCUT2D eigenvalue weighted by molar-refractivity contribution is 7.71. The summed E-state index contributed by atoms with van der Waals surface area (Å²) in [6.45, 7) is 3.43. The van der Waals surface area contributed by atoms with Crippen LogP contribution in [0.5, 0.6) is 11.5 Å². The molecule has 0 spiro atoms. The Morgan fingerprint density at radius 3 is 2.34 bits per heavy atom. The molecular formula is C21H26FN4O2S+. The molecular weight excluding hydrogens is 391 g/mol. The van der Waals surface area contributed by atoms with Gasteiger partial charge in [-0.3, -0.25) is 0 Å². The largest absolute Gasteiger partial charge is 0.493 e. The second kappa shape index (κ2) is 8.75. The van der Waals surface area contributed by atoms with Gasteiger partial charge < -0.3 is 18.9 Å². The standard InChI is InChI=1S/C21H25FN4O2S/c1-14-10-18(27-4)19(28-5)11-16(14)12-24(2)13-26-21(29)25(3)20(23-26)15-6-8-17(22)9-7-15/h6-11H,12-13H2,1-5H3/p+1. The molecule has 29 heavy (non-hydrogen) atoms. The maximum Gasteiger partial charge on any atom is 0.202 e. The van der Waals surface area contributed by atoms with E-state index < -0.39 is 0 Å². The number of hydrogen-bond acceptors (Lipinski definition) is 4. The molecule has 0 aliphatic carbocycles. The van der Waals surface area contributed by atoms with E-state index in [1.54, 1.807) is 31.0 Å². The van der Waals surface area contributed by atoms with Crippen molar-refractivity contribution in [1.29, 1.82) is 0 Å². The van der Waals surface area contributed by atoms with E-state index in [4.69, 9.17) is 21.7 Å². The number of quaternary nitrogens is 1. The van der Waals surface area contributed by atoms with E-state index in [1.165, 1.54) is 22.6 Å². The van der Waals surface area contributed by atoms with Gasteiger partial charge in [0.2, 0.25) is 4.77 Å². The van der Waals surface area contributed by atoms with Crippen molar-refractivity contribution in [3.8, 4) is 22.9 Å². The van der Waals surface area contributed by atoms with Gasteiger partial charge in [-0.25, -0.2) is 4.39 Å². The van der Waals surface area contributed by atoms with Crippen molar-refractivity contribution < 1.29 is 18.8 Å². The number of ether oxygens (including phenoxy) is 2. The molecule has 0 aliphatic rings. The molecule has 1 N–H and O–H groups in total. The molecule has 1 aromatic heterocycles. The number of rotatable bonds is 7. The predicted octanol–water partition coefficient (Wildman–Crippen LogP) is 2.76. The van der Waals surface area contributed by atoms with Gasteiger partial charge in [0.25, 0.3) is 0 Å². The van der Waals surface area contributed by atoms with Crippen LogP contribution in [0.25, 0.3) is 11.4 Å². The number of benzene rings is 2. The molecule has 3 aromatic rings. The Kier molecular flexibility index (Phi) is 6.34. The lowest BCUT2D eigenvalue weighted by molar-refractivity contribution is -0.917. The minimum absolute atomic E-state index is 0.274. The predicted molar refractivity (Wildman–Crippen MR) is 112 cm³/mol. The van der Waals surface area contributed by atoms with Gasteiger partial charge in [0, 0.05) is 18.2 Å². The number of aromatic nitrogens is 3. The fourth-order valence-electron chi connectivity index (χ4n) is 3.29. The zero-order chi connectivity index (χ0) is 21.1. The highest BCUT2D eigenvalue weighted by Crippen LogP contribution is 2.29. The molecule has 3 rings (SSSR count). The molecule has 2 aromatic carbocycles. The summed E-state index contributed by atoms with van der Waals surface area (Å²) in [6.07, 6.45) is 0. The maximum atomic E-state index is 13.2. The van der Waals surface area contributed by atoms with Crippen LogP contribution in [0.4, 0.5) is 4.39 Å². The molecule has 0 aliphatic heterocycles. The van der Waals surface area contributed by atoms with Crippen LogP contribution in [-0.4, -0.2) is 35.6 Å². The summed E-state index contributed by atoms with van der Waals surface area (Å²) in [5.74, 6) is 1.88. The molecule has 0 radical (unpaired) electrons. The van der Waals surface area contributed by atoms with E-state index in [9.17, 15) is 4.39 Å². The summed E-state index contributed by atoms with van der Waals surface area (Å²) in [4.78, 5) is 1.21. The highest BCUT2D eigenvalue weighted by Gasteiger charge is 2.16. The van der Waals surface area contributed by atoms with Crippen LogP contribution in [0.15, 0.2) is 36.4 Å². The Balaban J connectivity index is 1.81. The Morgan fingerprint density at radius 1 is 1.10 bits per heavy atom. The van der Waals surface area contributed by atoms with Gasteiger partial charge in [0.15, 0.2) is 24.0 Å².